The van der Waals surface area contributed by atoms with Gasteiger partial charge in [-0.25, -0.2) is 0 Å². The SMILES string of the molecule is COCCCNC(=O)CN(C)C(=O)C(CN)CC(C)(C)C. The maximum absolute atomic E-state index is 12.3. The van der Waals surface area contributed by atoms with Crippen molar-refractivity contribution in [3.05, 3.63) is 0 Å². The molecule has 124 valence electrons. The Labute approximate surface area is 128 Å². The molecule has 21 heavy (non-hydrogen) atoms. The van der Waals surface area contributed by atoms with Crippen molar-refractivity contribution in [1.82, 2.24) is 10.2 Å². The molecule has 0 bridgehead atoms. The predicted octanol–water partition coefficient (Wildman–Crippen LogP) is 0.609. The van der Waals surface area contributed by atoms with Crippen LogP contribution in [0.1, 0.15) is 33.6 Å². The second-order valence-corrected chi connectivity index (χ2v) is 6.59. The van der Waals surface area contributed by atoms with Crippen molar-refractivity contribution in [1.29, 1.82) is 0 Å². The van der Waals surface area contributed by atoms with Gasteiger partial charge in [0.1, 0.15) is 0 Å². The summed E-state index contributed by atoms with van der Waals surface area (Å²) < 4.78 is 4.91. The standard InChI is InChI=1S/C15H31N3O3/c1-15(2,3)9-12(10-16)14(20)18(4)11-13(19)17-7-6-8-21-5/h12H,6-11,16H2,1-5H3,(H,17,19). The number of methoxy groups -OCH3 is 1. The van der Waals surface area contributed by atoms with Crippen molar-refractivity contribution < 1.29 is 14.3 Å². The molecule has 0 heterocycles. The van der Waals surface area contributed by atoms with Gasteiger partial charge in [0.15, 0.2) is 0 Å². The van der Waals surface area contributed by atoms with Crippen LogP contribution in [0.5, 0.6) is 0 Å². The maximum Gasteiger partial charge on any atom is 0.239 e. The largest absolute Gasteiger partial charge is 0.385 e. The van der Waals surface area contributed by atoms with E-state index < -0.39 is 0 Å². The minimum absolute atomic E-state index is 0.0307. The molecule has 0 rings (SSSR count). The minimum atomic E-state index is -0.240. The molecule has 0 aromatic carbocycles. The van der Waals surface area contributed by atoms with Crippen LogP contribution in [0.15, 0.2) is 0 Å². The highest BCUT2D eigenvalue weighted by Crippen LogP contribution is 2.24. The molecule has 0 spiro atoms. The van der Waals surface area contributed by atoms with Crippen LogP contribution in [-0.2, 0) is 14.3 Å². The van der Waals surface area contributed by atoms with Gasteiger partial charge in [-0.1, -0.05) is 20.8 Å². The highest BCUT2D eigenvalue weighted by atomic mass is 16.5. The van der Waals surface area contributed by atoms with E-state index in [0.29, 0.717) is 26.1 Å². The summed E-state index contributed by atoms with van der Waals surface area (Å²) in [6, 6.07) is 0. The molecule has 0 fully saturated rings. The first-order valence-corrected chi connectivity index (χ1v) is 7.42. The third kappa shape index (κ3) is 9.42. The van der Waals surface area contributed by atoms with Crippen LogP contribution in [0, 0.1) is 11.3 Å². The molecule has 2 amide bonds. The average Bonchev–Trinajstić information content (AvgIpc) is 2.39. The zero-order chi connectivity index (χ0) is 16.5. The van der Waals surface area contributed by atoms with E-state index in [-0.39, 0.29) is 29.7 Å². The van der Waals surface area contributed by atoms with E-state index >= 15 is 0 Å². The average molecular weight is 301 g/mol. The first kappa shape index (κ1) is 19.9. The van der Waals surface area contributed by atoms with Gasteiger partial charge in [-0.3, -0.25) is 9.59 Å². The normalized spacial score (nSPS) is 12.9. The quantitative estimate of drug-likeness (QED) is 0.611. The lowest BCUT2D eigenvalue weighted by molar-refractivity contribution is -0.138. The second-order valence-electron chi connectivity index (χ2n) is 6.59. The molecule has 0 aliphatic heterocycles. The summed E-state index contributed by atoms with van der Waals surface area (Å²) in [6.07, 6.45) is 1.47. The van der Waals surface area contributed by atoms with E-state index in [1.165, 1.54) is 4.90 Å². The van der Waals surface area contributed by atoms with E-state index in [4.69, 9.17) is 10.5 Å². The Bertz CT molecular complexity index is 327. The number of carbonyl (C=O) groups excluding carboxylic acids is 2. The number of likely N-dealkylation sites (N-methyl/N-ethyl adjacent to an activating group) is 1. The maximum atomic E-state index is 12.3. The van der Waals surface area contributed by atoms with Crippen molar-refractivity contribution in [2.24, 2.45) is 17.1 Å². The van der Waals surface area contributed by atoms with Gasteiger partial charge in [-0.15, -0.1) is 0 Å². The van der Waals surface area contributed by atoms with Crippen LogP contribution in [-0.4, -0.2) is 57.1 Å². The summed E-state index contributed by atoms with van der Waals surface area (Å²) in [5, 5.41) is 2.76. The summed E-state index contributed by atoms with van der Waals surface area (Å²) in [6.45, 7) is 7.75. The van der Waals surface area contributed by atoms with Crippen LogP contribution in [0.25, 0.3) is 0 Å². The molecule has 6 nitrogen and oxygen atoms in total. The van der Waals surface area contributed by atoms with Crippen LogP contribution in [0.3, 0.4) is 0 Å². The van der Waals surface area contributed by atoms with Crippen LogP contribution < -0.4 is 11.1 Å². The van der Waals surface area contributed by atoms with Crippen LogP contribution >= 0.6 is 0 Å². The Kier molecular flexibility index (Phi) is 9.21. The van der Waals surface area contributed by atoms with Crippen molar-refractivity contribution in [2.45, 2.75) is 33.6 Å². The zero-order valence-corrected chi connectivity index (χ0v) is 14.1. The van der Waals surface area contributed by atoms with E-state index in [1.807, 2.05) is 0 Å². The molecule has 6 heteroatoms. The van der Waals surface area contributed by atoms with Gasteiger partial charge in [0.25, 0.3) is 0 Å². The molecule has 3 N–H and O–H groups in total. The number of hydrogen-bond donors (Lipinski definition) is 2. The summed E-state index contributed by atoms with van der Waals surface area (Å²) in [5.41, 5.74) is 5.73. The summed E-state index contributed by atoms with van der Waals surface area (Å²) >= 11 is 0. The molecule has 1 atom stereocenters. The summed E-state index contributed by atoms with van der Waals surface area (Å²) in [4.78, 5) is 25.5. The highest BCUT2D eigenvalue weighted by Gasteiger charge is 2.26. The third-order valence-electron chi connectivity index (χ3n) is 3.10. The number of carbonyl (C=O) groups is 2. The van der Waals surface area contributed by atoms with Crippen molar-refractivity contribution in [3.63, 3.8) is 0 Å². The van der Waals surface area contributed by atoms with E-state index in [0.717, 1.165) is 6.42 Å². The Morgan fingerprint density at radius 1 is 1.33 bits per heavy atom. The van der Waals surface area contributed by atoms with Crippen LogP contribution in [0.2, 0.25) is 0 Å². The molecule has 0 aromatic rings. The van der Waals surface area contributed by atoms with Crippen molar-refractivity contribution >= 4 is 11.8 Å². The molecule has 0 aliphatic rings. The molecular formula is C15H31N3O3. The lowest BCUT2D eigenvalue weighted by Gasteiger charge is -2.27. The number of amides is 2. The predicted molar refractivity (Wildman–Crippen MR) is 83.8 cm³/mol. The molecule has 0 saturated carbocycles. The van der Waals surface area contributed by atoms with Crippen molar-refractivity contribution in [3.8, 4) is 0 Å². The Balaban J connectivity index is 4.26. The minimum Gasteiger partial charge on any atom is -0.385 e. The fourth-order valence-corrected chi connectivity index (χ4v) is 2.12. The topological polar surface area (TPSA) is 84.7 Å². The Hall–Kier alpha value is -1.14. The van der Waals surface area contributed by atoms with Gasteiger partial charge >= 0.3 is 0 Å². The van der Waals surface area contributed by atoms with Crippen molar-refractivity contribution in [2.75, 3.05) is 40.4 Å². The number of hydrogen-bond acceptors (Lipinski definition) is 4. The molecule has 0 saturated heterocycles. The first-order chi connectivity index (χ1) is 9.71. The van der Waals surface area contributed by atoms with Gasteiger partial charge in [0.05, 0.1) is 12.5 Å². The number of nitrogens with zero attached hydrogens (tertiary/aromatic N) is 1. The van der Waals surface area contributed by atoms with Gasteiger partial charge < -0.3 is 20.7 Å². The fourth-order valence-electron chi connectivity index (χ4n) is 2.12. The number of ether oxygens (including phenoxy) is 1. The van der Waals surface area contributed by atoms with E-state index in [1.54, 1.807) is 14.2 Å². The van der Waals surface area contributed by atoms with Gasteiger partial charge in [0, 0.05) is 33.9 Å². The summed E-state index contributed by atoms with van der Waals surface area (Å²) in [7, 11) is 3.26. The Morgan fingerprint density at radius 3 is 2.43 bits per heavy atom. The highest BCUT2D eigenvalue weighted by molar-refractivity contribution is 5.85. The molecular weight excluding hydrogens is 270 g/mol. The lowest BCUT2D eigenvalue weighted by atomic mass is 9.84. The lowest BCUT2D eigenvalue weighted by Crippen LogP contribution is -2.43. The number of nitrogens with two attached hydrogens (primary N) is 1. The number of nitrogens with one attached hydrogen (secondary N) is 1. The first-order valence-electron chi connectivity index (χ1n) is 7.42. The smallest absolute Gasteiger partial charge is 0.239 e. The molecule has 0 aromatic heterocycles. The summed E-state index contributed by atoms with van der Waals surface area (Å²) in [5.74, 6) is -0.468. The fraction of sp³-hybridized carbons (Fsp3) is 0.867. The molecule has 0 aliphatic carbocycles. The van der Waals surface area contributed by atoms with E-state index in [2.05, 4.69) is 26.1 Å². The third-order valence-corrected chi connectivity index (χ3v) is 3.10. The van der Waals surface area contributed by atoms with Gasteiger partial charge in [-0.05, 0) is 18.3 Å². The monoisotopic (exact) mass is 301 g/mol. The zero-order valence-electron chi connectivity index (χ0n) is 14.1. The second kappa shape index (κ2) is 9.73. The van der Waals surface area contributed by atoms with Crippen LogP contribution in [0.4, 0.5) is 0 Å². The van der Waals surface area contributed by atoms with E-state index in [9.17, 15) is 9.59 Å². The number of rotatable bonds is 9. The van der Waals surface area contributed by atoms with Gasteiger partial charge in [-0.2, -0.15) is 0 Å². The Morgan fingerprint density at radius 2 is 1.95 bits per heavy atom. The molecule has 1 unspecified atom stereocenters. The van der Waals surface area contributed by atoms with Gasteiger partial charge in [0.2, 0.25) is 11.8 Å². The molecule has 0 radical (unpaired) electrons.